The van der Waals surface area contributed by atoms with Gasteiger partial charge in [0.05, 0.1) is 12.8 Å². The largest absolute Gasteiger partial charge is 0.494 e. The molecule has 1 amide bonds. The topological polar surface area (TPSA) is 118 Å². The Morgan fingerprint density at radius 1 is 1.20 bits per heavy atom. The molecule has 44 heavy (non-hydrogen) atoms. The summed E-state index contributed by atoms with van der Waals surface area (Å²) in [5.74, 6) is 1.47. The zero-order chi connectivity index (χ0) is 30.6. The number of rotatable bonds is 10. The van der Waals surface area contributed by atoms with E-state index in [9.17, 15) is 9.90 Å². The summed E-state index contributed by atoms with van der Waals surface area (Å²) >= 11 is 1.65. The van der Waals surface area contributed by atoms with Crippen LogP contribution in [-0.2, 0) is 7.05 Å². The number of fused-ring (bicyclic) bond motifs is 2. The number of nitrogens with zero attached hydrogens (tertiary/aromatic N) is 3. The molecule has 9 nitrogen and oxygen atoms in total. The Morgan fingerprint density at radius 2 is 2.02 bits per heavy atom. The second-order valence-electron chi connectivity index (χ2n) is 11.3. The lowest BCUT2D eigenvalue weighted by Crippen LogP contribution is -2.34. The Kier molecular flexibility index (Phi) is 8.83. The molecule has 1 fully saturated rings. The van der Waals surface area contributed by atoms with Crippen molar-refractivity contribution in [1.82, 2.24) is 19.9 Å². The van der Waals surface area contributed by atoms with E-state index in [-0.39, 0.29) is 12.5 Å². The number of aliphatic hydroxyl groups excluding tert-OH is 1. The SMILES string of the molecule is COc1cc(-c2csc3c(/C=C/CN4CCC(CCO)CC4)cnc(N)c23)ccc1NNC(=O)c1cc2ccccc2n1C. The number of likely N-dealkylation sites (tertiary alicyclic amines) is 1. The van der Waals surface area contributed by atoms with E-state index in [0.717, 1.165) is 76.6 Å². The van der Waals surface area contributed by atoms with E-state index in [1.807, 2.05) is 66.3 Å². The van der Waals surface area contributed by atoms with Crippen LogP contribution in [0.2, 0.25) is 0 Å². The molecular weight excluding hydrogens is 572 g/mol. The summed E-state index contributed by atoms with van der Waals surface area (Å²) in [7, 11) is 3.49. The van der Waals surface area contributed by atoms with Crippen LogP contribution in [0, 0.1) is 5.92 Å². The summed E-state index contributed by atoms with van der Waals surface area (Å²) in [6.45, 7) is 3.30. The summed E-state index contributed by atoms with van der Waals surface area (Å²) in [6, 6.07) is 15.6. The van der Waals surface area contributed by atoms with Crippen molar-refractivity contribution in [3.8, 4) is 16.9 Å². The van der Waals surface area contributed by atoms with Gasteiger partial charge in [-0.05, 0) is 73.5 Å². The van der Waals surface area contributed by atoms with Gasteiger partial charge in [0.15, 0.2) is 0 Å². The quantitative estimate of drug-likeness (QED) is 0.145. The van der Waals surface area contributed by atoms with Crippen molar-refractivity contribution in [2.24, 2.45) is 13.0 Å². The molecule has 3 aromatic heterocycles. The van der Waals surface area contributed by atoms with Crippen molar-refractivity contribution in [2.75, 3.05) is 44.5 Å². The third-order valence-corrected chi connectivity index (χ3v) is 9.59. The second-order valence-corrected chi connectivity index (χ2v) is 12.1. The second kappa shape index (κ2) is 13.1. The molecule has 228 valence electrons. The van der Waals surface area contributed by atoms with Crippen LogP contribution in [0.1, 0.15) is 35.3 Å². The zero-order valence-electron chi connectivity index (χ0n) is 25.0. The Hall–Kier alpha value is -4.38. The molecule has 4 heterocycles. The third kappa shape index (κ3) is 6.01. The average molecular weight is 611 g/mol. The predicted octanol–water partition coefficient (Wildman–Crippen LogP) is 5.91. The van der Waals surface area contributed by atoms with E-state index < -0.39 is 0 Å². The minimum atomic E-state index is -0.246. The number of anilines is 2. The summed E-state index contributed by atoms with van der Waals surface area (Å²) < 4.78 is 8.67. The van der Waals surface area contributed by atoms with Gasteiger partial charge in [-0.3, -0.25) is 20.5 Å². The van der Waals surface area contributed by atoms with Gasteiger partial charge < -0.3 is 20.1 Å². The Morgan fingerprint density at radius 3 is 2.80 bits per heavy atom. The number of para-hydroxylation sites is 1. The van der Waals surface area contributed by atoms with E-state index in [2.05, 4.69) is 38.3 Å². The number of hydrazine groups is 1. The summed E-state index contributed by atoms with van der Waals surface area (Å²) in [6.07, 6.45) is 9.38. The standard InChI is InChI=1S/C34H38N6O3S/c1-39-28-8-4-3-6-24(28)18-29(39)34(42)38-37-27-10-9-23(19-30(27)43-2)26-21-44-32-25(20-36-33(35)31(26)32)7-5-14-40-15-11-22(12-16-40)13-17-41/h3-10,18-22,37,41H,11-17H2,1-2H3,(H2,35,36)(H,38,42)/b7-5+. The fraction of sp³-hybridized carbons (Fsp3) is 0.294. The maximum Gasteiger partial charge on any atom is 0.286 e. The monoisotopic (exact) mass is 610 g/mol. The first kappa shape index (κ1) is 29.7. The molecule has 0 spiro atoms. The van der Waals surface area contributed by atoms with Gasteiger partial charge in [-0.1, -0.05) is 36.4 Å². The Bertz CT molecular complexity index is 1820. The minimum Gasteiger partial charge on any atom is -0.494 e. The van der Waals surface area contributed by atoms with Crippen molar-refractivity contribution in [2.45, 2.75) is 19.3 Å². The number of nitrogens with one attached hydrogen (secondary N) is 2. The summed E-state index contributed by atoms with van der Waals surface area (Å²) in [5.41, 5.74) is 17.4. The molecular formula is C34H38N6O3S. The van der Waals surface area contributed by atoms with Crippen molar-refractivity contribution in [3.63, 3.8) is 0 Å². The molecule has 0 saturated carbocycles. The van der Waals surface area contributed by atoms with Crippen molar-refractivity contribution in [3.05, 3.63) is 77.4 Å². The van der Waals surface area contributed by atoms with Gasteiger partial charge in [-0.15, -0.1) is 11.3 Å². The van der Waals surface area contributed by atoms with Crippen LogP contribution in [0.25, 0.3) is 38.2 Å². The smallest absolute Gasteiger partial charge is 0.286 e. The molecule has 0 unspecified atom stereocenters. The average Bonchev–Trinajstić information content (AvgIpc) is 3.65. The van der Waals surface area contributed by atoms with Crippen LogP contribution >= 0.6 is 11.3 Å². The maximum absolute atomic E-state index is 13.0. The number of pyridine rings is 1. The lowest BCUT2D eigenvalue weighted by molar-refractivity contribution is 0.0955. The Labute approximate surface area is 260 Å². The van der Waals surface area contributed by atoms with Crippen LogP contribution in [0.3, 0.4) is 0 Å². The first-order chi connectivity index (χ1) is 21.5. The number of thiophene rings is 1. The van der Waals surface area contributed by atoms with Crippen molar-refractivity contribution >= 4 is 55.8 Å². The van der Waals surface area contributed by atoms with Gasteiger partial charge in [0.2, 0.25) is 0 Å². The highest BCUT2D eigenvalue weighted by Gasteiger charge is 2.19. The van der Waals surface area contributed by atoms with Gasteiger partial charge in [0.1, 0.15) is 17.3 Å². The van der Waals surface area contributed by atoms with Crippen molar-refractivity contribution in [1.29, 1.82) is 0 Å². The molecule has 5 N–H and O–H groups in total. The number of methoxy groups -OCH3 is 1. The van der Waals surface area contributed by atoms with E-state index in [1.165, 1.54) is 0 Å². The number of nitrogen functional groups attached to an aromatic ring is 1. The predicted molar refractivity (Wildman–Crippen MR) is 180 cm³/mol. The van der Waals surface area contributed by atoms with Crippen molar-refractivity contribution < 1.29 is 14.6 Å². The van der Waals surface area contributed by atoms with E-state index >= 15 is 0 Å². The number of piperidine rings is 1. The first-order valence-electron chi connectivity index (χ1n) is 14.9. The molecule has 10 heteroatoms. The number of aromatic nitrogens is 2. The molecule has 1 saturated heterocycles. The number of carbonyl (C=O) groups excluding carboxylic acids is 1. The maximum atomic E-state index is 13.0. The number of hydrogen-bond acceptors (Lipinski definition) is 8. The zero-order valence-corrected chi connectivity index (χ0v) is 25.9. The fourth-order valence-corrected chi connectivity index (χ4v) is 7.12. The number of amides is 1. The fourth-order valence-electron chi connectivity index (χ4n) is 6.04. The highest BCUT2D eigenvalue weighted by atomic mass is 32.1. The van der Waals surface area contributed by atoms with Crippen LogP contribution in [0.4, 0.5) is 11.5 Å². The molecule has 0 radical (unpaired) electrons. The molecule has 6 rings (SSSR count). The van der Waals surface area contributed by atoms with Crippen LogP contribution < -0.4 is 21.3 Å². The number of carbonyl (C=O) groups is 1. The highest BCUT2D eigenvalue weighted by molar-refractivity contribution is 7.18. The molecule has 1 aliphatic heterocycles. The molecule has 2 aromatic carbocycles. The van der Waals surface area contributed by atoms with Gasteiger partial charge in [0, 0.05) is 58.5 Å². The normalized spacial score (nSPS) is 14.5. The number of aryl methyl sites for hydroxylation is 1. The summed E-state index contributed by atoms with van der Waals surface area (Å²) in [5, 5.41) is 13.3. The number of ether oxygens (including phenoxy) is 1. The lowest BCUT2D eigenvalue weighted by atomic mass is 9.94. The number of aliphatic hydroxyl groups is 1. The number of hydrogen-bond donors (Lipinski definition) is 4. The third-order valence-electron chi connectivity index (χ3n) is 8.57. The Balaban J connectivity index is 1.17. The minimum absolute atomic E-state index is 0.246. The molecule has 5 aromatic rings. The van der Waals surface area contributed by atoms with Gasteiger partial charge in [-0.25, -0.2) is 4.98 Å². The first-order valence-corrected chi connectivity index (χ1v) is 15.8. The van der Waals surface area contributed by atoms with E-state index in [4.69, 9.17) is 10.5 Å². The van der Waals surface area contributed by atoms with Gasteiger partial charge in [-0.2, -0.15) is 0 Å². The number of benzene rings is 2. The molecule has 0 bridgehead atoms. The number of nitrogens with two attached hydrogens (primary N) is 1. The molecule has 0 aliphatic carbocycles. The van der Waals surface area contributed by atoms with Crippen LogP contribution in [-0.4, -0.2) is 58.8 Å². The van der Waals surface area contributed by atoms with Crippen LogP contribution in [0.5, 0.6) is 5.75 Å². The summed E-state index contributed by atoms with van der Waals surface area (Å²) in [4.78, 5) is 20.0. The van der Waals surface area contributed by atoms with E-state index in [1.54, 1.807) is 18.4 Å². The van der Waals surface area contributed by atoms with Crippen LogP contribution in [0.15, 0.2) is 66.2 Å². The lowest BCUT2D eigenvalue weighted by Gasteiger charge is -2.30. The van der Waals surface area contributed by atoms with Gasteiger partial charge >= 0.3 is 0 Å². The molecule has 1 aliphatic rings. The van der Waals surface area contributed by atoms with E-state index in [0.29, 0.717) is 28.9 Å². The highest BCUT2D eigenvalue weighted by Crippen LogP contribution is 2.41. The molecule has 0 atom stereocenters. The van der Waals surface area contributed by atoms with Gasteiger partial charge in [0.25, 0.3) is 5.91 Å².